The summed E-state index contributed by atoms with van der Waals surface area (Å²) in [5.41, 5.74) is 1.41. The largest absolute Gasteiger partial charge is 0.444 e. The molecule has 0 fully saturated rings. The maximum absolute atomic E-state index is 13.8. The second kappa shape index (κ2) is 11.4. The van der Waals surface area contributed by atoms with Crippen molar-refractivity contribution < 1.29 is 19.1 Å². The molecule has 0 aliphatic heterocycles. The summed E-state index contributed by atoms with van der Waals surface area (Å²) in [6.07, 6.45) is -0.434. The Morgan fingerprint density at radius 1 is 0.914 bits per heavy atom. The number of carbonyl (C=O) groups excluding carboxylic acids is 3. The number of aryl methyl sites for hydroxylation is 1. The molecule has 2 aromatic carbocycles. The topological polar surface area (TPSA) is 87.7 Å². The second-order valence-corrected chi connectivity index (χ2v) is 10.9. The van der Waals surface area contributed by atoms with E-state index >= 15 is 0 Å². The van der Waals surface area contributed by atoms with Crippen LogP contribution in [0.5, 0.6) is 0 Å². The average Bonchev–Trinajstić information content (AvgIpc) is 2.72. The Hall–Kier alpha value is -3.35. The van der Waals surface area contributed by atoms with Crippen LogP contribution in [0.15, 0.2) is 54.6 Å². The van der Waals surface area contributed by atoms with Crippen LogP contribution in [0.2, 0.25) is 0 Å². The van der Waals surface area contributed by atoms with Gasteiger partial charge in [0, 0.05) is 19.0 Å². The molecule has 2 rings (SSSR count). The molecular formula is C28H39N3O4. The van der Waals surface area contributed by atoms with Crippen molar-refractivity contribution in [3.05, 3.63) is 71.3 Å². The maximum Gasteiger partial charge on any atom is 0.408 e. The fourth-order valence-electron chi connectivity index (χ4n) is 3.61. The molecule has 7 nitrogen and oxygen atoms in total. The van der Waals surface area contributed by atoms with Gasteiger partial charge in [0.05, 0.1) is 0 Å². The lowest BCUT2D eigenvalue weighted by Crippen LogP contribution is -2.54. The van der Waals surface area contributed by atoms with E-state index in [0.717, 1.165) is 11.1 Å². The summed E-state index contributed by atoms with van der Waals surface area (Å²) in [5, 5.41) is 5.71. The highest BCUT2D eigenvalue weighted by Crippen LogP contribution is 2.23. The van der Waals surface area contributed by atoms with Crippen LogP contribution in [0.1, 0.15) is 64.3 Å². The van der Waals surface area contributed by atoms with Crippen LogP contribution >= 0.6 is 0 Å². The highest BCUT2D eigenvalue weighted by molar-refractivity contribution is 5.92. The normalized spacial score (nSPS) is 13.4. The van der Waals surface area contributed by atoms with Crippen molar-refractivity contribution in [2.75, 3.05) is 7.05 Å². The molecule has 0 radical (unpaired) electrons. The third kappa shape index (κ3) is 9.08. The Labute approximate surface area is 209 Å². The molecule has 0 saturated carbocycles. The number of ether oxygens (including phenoxy) is 1. The van der Waals surface area contributed by atoms with Crippen LogP contribution in [0, 0.1) is 6.92 Å². The van der Waals surface area contributed by atoms with E-state index in [4.69, 9.17) is 4.74 Å². The van der Waals surface area contributed by atoms with Gasteiger partial charge in [-0.3, -0.25) is 9.59 Å². The second-order valence-electron chi connectivity index (χ2n) is 10.9. The van der Waals surface area contributed by atoms with Gasteiger partial charge < -0.3 is 20.3 Å². The standard InChI is InChI=1S/C28H39N3O4/c1-19-14-16-21(17-15-19)23(24(32)30-27(2,3)4)31(8)25(33)22(18-20-12-10-9-11-13-20)29-26(34)35-28(5,6)7/h9-17,22-23H,18H2,1-8H3,(H,29,34)(H,30,32). The number of amides is 3. The number of nitrogens with zero attached hydrogens (tertiary/aromatic N) is 1. The minimum Gasteiger partial charge on any atom is -0.444 e. The van der Waals surface area contributed by atoms with Gasteiger partial charge in [0.25, 0.3) is 0 Å². The van der Waals surface area contributed by atoms with E-state index in [-0.39, 0.29) is 12.3 Å². The maximum atomic E-state index is 13.8. The van der Waals surface area contributed by atoms with Crippen molar-refractivity contribution in [1.29, 1.82) is 0 Å². The number of alkyl carbamates (subject to hydrolysis) is 1. The summed E-state index contributed by atoms with van der Waals surface area (Å²) in [7, 11) is 1.59. The first-order chi connectivity index (χ1) is 16.2. The molecule has 0 saturated heterocycles. The van der Waals surface area contributed by atoms with E-state index in [1.807, 2.05) is 82.3 Å². The van der Waals surface area contributed by atoms with Crippen LogP contribution in [-0.4, -0.2) is 47.0 Å². The number of rotatable bonds is 7. The fourth-order valence-corrected chi connectivity index (χ4v) is 3.61. The van der Waals surface area contributed by atoms with Gasteiger partial charge in [-0.1, -0.05) is 60.2 Å². The average molecular weight is 482 g/mol. The number of nitrogens with one attached hydrogen (secondary N) is 2. The molecule has 0 aliphatic carbocycles. The van der Waals surface area contributed by atoms with Gasteiger partial charge in [-0.15, -0.1) is 0 Å². The minimum absolute atomic E-state index is 0.255. The zero-order valence-electron chi connectivity index (χ0n) is 22.1. The SMILES string of the molecule is Cc1ccc(C(C(=O)NC(C)(C)C)N(C)C(=O)C(Cc2ccccc2)NC(=O)OC(C)(C)C)cc1. The Kier molecular flexibility index (Phi) is 9.07. The monoisotopic (exact) mass is 481 g/mol. The molecule has 2 atom stereocenters. The summed E-state index contributed by atoms with van der Waals surface area (Å²) >= 11 is 0. The van der Waals surface area contributed by atoms with E-state index < -0.39 is 35.2 Å². The first-order valence-electron chi connectivity index (χ1n) is 11.8. The van der Waals surface area contributed by atoms with Gasteiger partial charge in [0.1, 0.15) is 17.7 Å². The summed E-state index contributed by atoms with van der Waals surface area (Å²) in [4.78, 5) is 41.1. The minimum atomic E-state index is -0.923. The number of benzene rings is 2. The van der Waals surface area contributed by atoms with Crippen LogP contribution in [-0.2, 0) is 20.7 Å². The van der Waals surface area contributed by atoms with Gasteiger partial charge in [0.15, 0.2) is 0 Å². The van der Waals surface area contributed by atoms with E-state index in [9.17, 15) is 14.4 Å². The highest BCUT2D eigenvalue weighted by atomic mass is 16.6. The molecule has 35 heavy (non-hydrogen) atoms. The van der Waals surface area contributed by atoms with Gasteiger partial charge in [0.2, 0.25) is 11.8 Å². The lowest BCUT2D eigenvalue weighted by molar-refractivity contribution is -0.141. The number of carbonyl (C=O) groups is 3. The summed E-state index contributed by atoms with van der Waals surface area (Å²) in [6, 6.07) is 15.1. The smallest absolute Gasteiger partial charge is 0.408 e. The predicted octanol–water partition coefficient (Wildman–Crippen LogP) is 4.55. The van der Waals surface area contributed by atoms with Crippen molar-refractivity contribution >= 4 is 17.9 Å². The van der Waals surface area contributed by atoms with Crippen molar-refractivity contribution in [2.24, 2.45) is 0 Å². The molecule has 0 aliphatic rings. The van der Waals surface area contributed by atoms with E-state index in [0.29, 0.717) is 5.56 Å². The van der Waals surface area contributed by atoms with E-state index in [2.05, 4.69) is 10.6 Å². The fraction of sp³-hybridized carbons (Fsp3) is 0.464. The van der Waals surface area contributed by atoms with Crippen molar-refractivity contribution in [1.82, 2.24) is 15.5 Å². The van der Waals surface area contributed by atoms with Crippen LogP contribution in [0.25, 0.3) is 0 Å². The molecule has 0 spiro atoms. The predicted molar refractivity (Wildman–Crippen MR) is 138 cm³/mol. The number of hydrogen-bond donors (Lipinski definition) is 2. The summed E-state index contributed by atoms with van der Waals surface area (Å²) < 4.78 is 5.41. The zero-order chi connectivity index (χ0) is 26.4. The molecule has 0 heterocycles. The number of hydrogen-bond acceptors (Lipinski definition) is 4. The molecule has 3 amide bonds. The van der Waals surface area contributed by atoms with Gasteiger partial charge in [-0.25, -0.2) is 4.79 Å². The van der Waals surface area contributed by atoms with Crippen molar-refractivity contribution in [3.63, 3.8) is 0 Å². The Balaban J connectivity index is 2.40. The van der Waals surface area contributed by atoms with Gasteiger partial charge in [-0.05, 0) is 59.6 Å². The lowest BCUT2D eigenvalue weighted by Gasteiger charge is -2.33. The molecule has 0 aromatic heterocycles. The first kappa shape index (κ1) is 27.9. The lowest BCUT2D eigenvalue weighted by atomic mass is 9.99. The Morgan fingerprint density at radius 2 is 1.49 bits per heavy atom. The van der Waals surface area contributed by atoms with Crippen LogP contribution < -0.4 is 10.6 Å². The highest BCUT2D eigenvalue weighted by Gasteiger charge is 2.35. The molecular weight excluding hydrogens is 442 g/mol. The Morgan fingerprint density at radius 3 is 2.00 bits per heavy atom. The van der Waals surface area contributed by atoms with Crippen molar-refractivity contribution in [2.45, 2.75) is 78.1 Å². The quantitative estimate of drug-likeness (QED) is 0.608. The van der Waals surface area contributed by atoms with Crippen LogP contribution in [0.4, 0.5) is 4.79 Å². The Bertz CT molecular complexity index is 1010. The zero-order valence-corrected chi connectivity index (χ0v) is 22.1. The molecule has 190 valence electrons. The molecule has 2 unspecified atom stereocenters. The molecule has 0 bridgehead atoms. The molecule has 7 heteroatoms. The van der Waals surface area contributed by atoms with Gasteiger partial charge in [-0.2, -0.15) is 0 Å². The molecule has 2 aromatic rings. The third-order valence-electron chi connectivity index (χ3n) is 5.15. The summed E-state index contributed by atoms with van der Waals surface area (Å²) in [6.45, 7) is 12.9. The first-order valence-corrected chi connectivity index (χ1v) is 11.8. The third-order valence-corrected chi connectivity index (χ3v) is 5.15. The molecule has 2 N–H and O–H groups in total. The van der Waals surface area contributed by atoms with E-state index in [1.165, 1.54) is 4.90 Å². The van der Waals surface area contributed by atoms with Crippen molar-refractivity contribution in [3.8, 4) is 0 Å². The van der Waals surface area contributed by atoms with E-state index in [1.54, 1.807) is 27.8 Å². The van der Waals surface area contributed by atoms with Gasteiger partial charge >= 0.3 is 6.09 Å². The summed E-state index contributed by atoms with van der Waals surface area (Å²) in [5.74, 6) is -0.692. The number of likely N-dealkylation sites (N-methyl/N-ethyl adjacent to an activating group) is 1. The van der Waals surface area contributed by atoms with Crippen LogP contribution in [0.3, 0.4) is 0 Å².